The van der Waals surface area contributed by atoms with Gasteiger partial charge in [-0.1, -0.05) is 59.6 Å². The highest BCUT2D eigenvalue weighted by molar-refractivity contribution is 7.13. The molecule has 7 heteroatoms. The van der Waals surface area contributed by atoms with E-state index in [-0.39, 0.29) is 6.54 Å². The maximum Gasteiger partial charge on any atom is 0.404 e. The Morgan fingerprint density at radius 3 is 2.52 bits per heavy atom. The lowest BCUT2D eigenvalue weighted by Crippen LogP contribution is -2.29. The molecule has 27 heavy (non-hydrogen) atoms. The topological polar surface area (TPSA) is 69.6 Å². The standard InChI is InChI=1S/C20H17Cl2NO3S/c21-16-8-7-12(10-17(16)22)15(11-23-20(25)26)19(24)14-5-2-1-4-13(14)18-6-3-9-27-18/h1-10,15,19,23-24H,11H2,(H,25,26). The highest BCUT2D eigenvalue weighted by Crippen LogP contribution is 2.39. The molecule has 0 saturated heterocycles. The fourth-order valence-electron chi connectivity index (χ4n) is 2.98. The molecule has 1 heterocycles. The summed E-state index contributed by atoms with van der Waals surface area (Å²) in [5.74, 6) is -0.531. The minimum atomic E-state index is -1.15. The van der Waals surface area contributed by atoms with Crippen molar-refractivity contribution >= 4 is 40.6 Å². The summed E-state index contributed by atoms with van der Waals surface area (Å²) in [5, 5.41) is 25.3. The van der Waals surface area contributed by atoms with E-state index in [2.05, 4.69) is 5.32 Å². The van der Waals surface area contributed by atoms with E-state index < -0.39 is 18.1 Å². The molecule has 1 aromatic heterocycles. The van der Waals surface area contributed by atoms with Gasteiger partial charge in [-0.15, -0.1) is 11.3 Å². The van der Waals surface area contributed by atoms with Gasteiger partial charge in [0.05, 0.1) is 16.1 Å². The Labute approximate surface area is 171 Å². The smallest absolute Gasteiger partial charge is 0.404 e. The van der Waals surface area contributed by atoms with Gasteiger partial charge < -0.3 is 15.5 Å². The van der Waals surface area contributed by atoms with E-state index in [1.165, 1.54) is 0 Å². The summed E-state index contributed by atoms with van der Waals surface area (Å²) in [6, 6.07) is 16.6. The summed E-state index contributed by atoms with van der Waals surface area (Å²) >= 11 is 13.7. The fourth-order valence-corrected chi connectivity index (χ4v) is 4.06. The molecule has 140 valence electrons. The van der Waals surface area contributed by atoms with Crippen molar-refractivity contribution in [3.8, 4) is 10.4 Å². The molecule has 3 N–H and O–H groups in total. The molecule has 0 bridgehead atoms. The second-order valence-electron chi connectivity index (χ2n) is 5.98. The molecule has 3 rings (SSSR count). The molecule has 0 radical (unpaired) electrons. The number of aliphatic hydroxyl groups excluding tert-OH is 1. The zero-order valence-electron chi connectivity index (χ0n) is 14.1. The highest BCUT2D eigenvalue weighted by atomic mass is 35.5. The summed E-state index contributed by atoms with van der Waals surface area (Å²) in [5.41, 5.74) is 2.34. The summed E-state index contributed by atoms with van der Waals surface area (Å²) in [6.07, 6.45) is -2.09. The van der Waals surface area contributed by atoms with Crippen LogP contribution in [-0.4, -0.2) is 22.9 Å². The molecular weight excluding hydrogens is 405 g/mol. The third kappa shape index (κ3) is 4.62. The Balaban J connectivity index is 2.02. The third-order valence-electron chi connectivity index (χ3n) is 4.29. The number of aliphatic hydroxyl groups is 1. The third-order valence-corrected chi connectivity index (χ3v) is 5.93. The Hall–Kier alpha value is -2.05. The molecule has 3 aromatic rings. The van der Waals surface area contributed by atoms with Crippen LogP contribution in [0.1, 0.15) is 23.1 Å². The maximum absolute atomic E-state index is 11.2. The number of hydrogen-bond donors (Lipinski definition) is 3. The highest BCUT2D eigenvalue weighted by Gasteiger charge is 2.26. The van der Waals surface area contributed by atoms with E-state index in [9.17, 15) is 9.90 Å². The SMILES string of the molecule is O=C(O)NCC(c1ccc(Cl)c(Cl)c1)C(O)c1ccccc1-c1cccs1. The number of nitrogens with one attached hydrogen (secondary N) is 1. The van der Waals surface area contributed by atoms with Gasteiger partial charge in [0.15, 0.2) is 0 Å². The number of amides is 1. The van der Waals surface area contributed by atoms with Crippen molar-refractivity contribution in [2.24, 2.45) is 0 Å². The van der Waals surface area contributed by atoms with Crippen LogP contribution >= 0.6 is 34.5 Å². The van der Waals surface area contributed by atoms with Crippen molar-refractivity contribution in [3.63, 3.8) is 0 Å². The zero-order chi connectivity index (χ0) is 19.4. The summed E-state index contributed by atoms with van der Waals surface area (Å²) in [6.45, 7) is 0.0350. The Morgan fingerprint density at radius 2 is 1.85 bits per heavy atom. The van der Waals surface area contributed by atoms with Crippen molar-refractivity contribution < 1.29 is 15.0 Å². The Morgan fingerprint density at radius 1 is 1.07 bits per heavy atom. The molecule has 0 fully saturated rings. The molecule has 4 nitrogen and oxygen atoms in total. The minimum Gasteiger partial charge on any atom is -0.465 e. The van der Waals surface area contributed by atoms with Crippen molar-refractivity contribution in [1.82, 2.24) is 5.32 Å². The van der Waals surface area contributed by atoms with Gasteiger partial charge >= 0.3 is 6.09 Å². The van der Waals surface area contributed by atoms with Crippen LogP contribution in [0.5, 0.6) is 0 Å². The largest absolute Gasteiger partial charge is 0.465 e. The lowest BCUT2D eigenvalue weighted by Gasteiger charge is -2.25. The number of carboxylic acid groups (broad SMARTS) is 1. The van der Waals surface area contributed by atoms with Crippen molar-refractivity contribution in [1.29, 1.82) is 0 Å². The first-order valence-electron chi connectivity index (χ1n) is 8.20. The van der Waals surface area contributed by atoms with Gasteiger partial charge in [0.25, 0.3) is 0 Å². The van der Waals surface area contributed by atoms with Gasteiger partial charge in [0.2, 0.25) is 0 Å². The first kappa shape index (κ1) is 19.7. The van der Waals surface area contributed by atoms with E-state index >= 15 is 0 Å². The molecule has 0 aliphatic carbocycles. The van der Waals surface area contributed by atoms with Gasteiger partial charge in [0, 0.05) is 17.3 Å². The predicted octanol–water partition coefficient (Wildman–Crippen LogP) is 5.81. The minimum absolute atomic E-state index is 0.0350. The summed E-state index contributed by atoms with van der Waals surface area (Å²) < 4.78 is 0. The van der Waals surface area contributed by atoms with E-state index in [0.717, 1.165) is 16.0 Å². The quantitative estimate of drug-likeness (QED) is 0.470. The van der Waals surface area contributed by atoms with Crippen LogP contribution in [0, 0.1) is 0 Å². The molecule has 0 spiro atoms. The number of carbonyl (C=O) groups is 1. The molecule has 2 unspecified atom stereocenters. The second kappa shape index (κ2) is 8.76. The maximum atomic E-state index is 11.2. The van der Waals surface area contributed by atoms with Gasteiger partial charge in [-0.25, -0.2) is 4.79 Å². The van der Waals surface area contributed by atoms with Crippen molar-refractivity contribution in [2.45, 2.75) is 12.0 Å². The fraction of sp³-hybridized carbons (Fsp3) is 0.150. The van der Waals surface area contributed by atoms with Crippen molar-refractivity contribution in [2.75, 3.05) is 6.54 Å². The van der Waals surface area contributed by atoms with E-state index in [4.69, 9.17) is 28.3 Å². The Kier molecular flexibility index (Phi) is 6.39. The van der Waals surface area contributed by atoms with Gasteiger partial charge in [-0.2, -0.15) is 0 Å². The first-order valence-corrected chi connectivity index (χ1v) is 9.83. The number of benzene rings is 2. The number of hydrogen-bond acceptors (Lipinski definition) is 3. The van der Waals surface area contributed by atoms with Gasteiger partial charge in [-0.05, 0) is 40.3 Å². The summed E-state index contributed by atoms with van der Waals surface area (Å²) in [4.78, 5) is 12.1. The average Bonchev–Trinajstić information content (AvgIpc) is 3.19. The first-order chi connectivity index (χ1) is 13.0. The summed E-state index contributed by atoms with van der Waals surface area (Å²) in [7, 11) is 0. The average molecular weight is 422 g/mol. The lowest BCUT2D eigenvalue weighted by atomic mass is 9.86. The molecule has 0 aliphatic rings. The van der Waals surface area contributed by atoms with Crippen LogP contribution in [0.25, 0.3) is 10.4 Å². The number of rotatable bonds is 6. The van der Waals surface area contributed by atoms with E-state index in [0.29, 0.717) is 15.6 Å². The van der Waals surface area contributed by atoms with Crippen LogP contribution in [0.3, 0.4) is 0 Å². The van der Waals surface area contributed by atoms with Crippen LogP contribution in [0.4, 0.5) is 4.79 Å². The van der Waals surface area contributed by atoms with Gasteiger partial charge in [0.1, 0.15) is 0 Å². The van der Waals surface area contributed by atoms with Crippen LogP contribution < -0.4 is 5.32 Å². The zero-order valence-corrected chi connectivity index (χ0v) is 16.4. The molecular formula is C20H17Cl2NO3S. The van der Waals surface area contributed by atoms with E-state index in [1.54, 1.807) is 29.5 Å². The van der Waals surface area contributed by atoms with Gasteiger partial charge in [-0.3, -0.25) is 0 Å². The molecule has 0 saturated carbocycles. The number of halogens is 2. The predicted molar refractivity (Wildman–Crippen MR) is 110 cm³/mol. The second-order valence-corrected chi connectivity index (χ2v) is 7.74. The van der Waals surface area contributed by atoms with Crippen LogP contribution in [-0.2, 0) is 0 Å². The normalized spacial score (nSPS) is 13.1. The molecule has 1 amide bonds. The number of thiophene rings is 1. The van der Waals surface area contributed by atoms with Crippen LogP contribution in [0.15, 0.2) is 60.0 Å². The van der Waals surface area contributed by atoms with Crippen LogP contribution in [0.2, 0.25) is 10.0 Å². The Bertz CT molecular complexity index is 931. The monoisotopic (exact) mass is 421 g/mol. The van der Waals surface area contributed by atoms with Crippen molar-refractivity contribution in [3.05, 3.63) is 81.1 Å². The molecule has 2 atom stereocenters. The van der Waals surface area contributed by atoms with E-state index in [1.807, 2.05) is 41.8 Å². The lowest BCUT2D eigenvalue weighted by molar-refractivity contribution is 0.141. The molecule has 2 aromatic carbocycles. The molecule has 0 aliphatic heterocycles.